The first kappa shape index (κ1) is 20.7. The van der Waals surface area contributed by atoms with Crippen molar-refractivity contribution in [3.05, 3.63) is 71.8 Å². The molecule has 8 heteroatoms. The Bertz CT molecular complexity index is 1170. The van der Waals surface area contributed by atoms with Gasteiger partial charge >= 0.3 is 0 Å². The third-order valence-corrected chi connectivity index (χ3v) is 7.55. The molecule has 1 fully saturated rings. The third kappa shape index (κ3) is 4.14. The van der Waals surface area contributed by atoms with Crippen LogP contribution in [-0.2, 0) is 14.8 Å². The van der Waals surface area contributed by atoms with Crippen LogP contribution in [0, 0.1) is 0 Å². The summed E-state index contributed by atoms with van der Waals surface area (Å²) in [6.07, 6.45) is 0. The molecule has 0 N–H and O–H groups in total. The van der Waals surface area contributed by atoms with E-state index in [0.29, 0.717) is 18.8 Å². The second-order valence-electron chi connectivity index (χ2n) is 6.98. The molecule has 0 unspecified atom stereocenters. The minimum atomic E-state index is -3.69. The van der Waals surface area contributed by atoms with Crippen LogP contribution in [0.25, 0.3) is 10.8 Å². The highest BCUT2D eigenvalue weighted by molar-refractivity contribution is 7.89. The Hall–Kier alpha value is -2.61. The average molecular weight is 445 g/mol. The standard InChI is InChI=1S/C22H21ClN2O4S/c23-19-9-3-4-11-21(19)30(27,28)25-14-12-24(13-15-25)22(26)16-29-20-10-5-7-17-6-1-2-8-18(17)20/h1-11H,12-16H2. The SMILES string of the molecule is O=C(COc1cccc2ccccc12)N1CCN(S(=O)(=O)c2ccccc2Cl)CC1. The molecule has 6 nitrogen and oxygen atoms in total. The maximum Gasteiger partial charge on any atom is 0.260 e. The normalized spacial score (nSPS) is 15.3. The Labute approximate surface area is 180 Å². The van der Waals surface area contributed by atoms with E-state index < -0.39 is 10.0 Å². The summed E-state index contributed by atoms with van der Waals surface area (Å²) in [6, 6.07) is 19.9. The number of hydrogen-bond acceptors (Lipinski definition) is 4. The number of fused-ring (bicyclic) bond motifs is 1. The molecule has 1 aliphatic rings. The van der Waals surface area contributed by atoms with Gasteiger partial charge in [0, 0.05) is 31.6 Å². The molecule has 3 aromatic rings. The first-order valence-electron chi connectivity index (χ1n) is 9.60. The molecular weight excluding hydrogens is 424 g/mol. The van der Waals surface area contributed by atoms with Crippen LogP contribution >= 0.6 is 11.6 Å². The Morgan fingerprint density at radius 3 is 2.33 bits per heavy atom. The van der Waals surface area contributed by atoms with Crippen molar-refractivity contribution in [3.8, 4) is 5.75 Å². The zero-order valence-corrected chi connectivity index (χ0v) is 17.8. The highest BCUT2D eigenvalue weighted by atomic mass is 35.5. The van der Waals surface area contributed by atoms with Crippen LogP contribution in [0.15, 0.2) is 71.6 Å². The highest BCUT2D eigenvalue weighted by Crippen LogP contribution is 2.26. The molecule has 156 valence electrons. The van der Waals surface area contributed by atoms with Crippen molar-refractivity contribution in [3.63, 3.8) is 0 Å². The number of amides is 1. The number of carbonyl (C=O) groups excluding carboxylic acids is 1. The van der Waals surface area contributed by atoms with Crippen LogP contribution < -0.4 is 4.74 Å². The third-order valence-electron chi connectivity index (χ3n) is 5.15. The second kappa shape index (κ2) is 8.63. The van der Waals surface area contributed by atoms with Crippen LogP contribution in [0.4, 0.5) is 0 Å². The number of carbonyl (C=O) groups is 1. The lowest BCUT2D eigenvalue weighted by atomic mass is 10.1. The quantitative estimate of drug-likeness (QED) is 0.605. The first-order chi connectivity index (χ1) is 14.5. The van der Waals surface area contributed by atoms with E-state index in [1.165, 1.54) is 10.4 Å². The van der Waals surface area contributed by atoms with Gasteiger partial charge < -0.3 is 9.64 Å². The van der Waals surface area contributed by atoms with Gasteiger partial charge in [0.05, 0.1) is 5.02 Å². The number of ether oxygens (including phenoxy) is 1. The summed E-state index contributed by atoms with van der Waals surface area (Å²) in [5, 5.41) is 2.18. The van der Waals surface area contributed by atoms with Gasteiger partial charge in [0.15, 0.2) is 6.61 Å². The smallest absolute Gasteiger partial charge is 0.260 e. The molecule has 1 saturated heterocycles. The van der Waals surface area contributed by atoms with E-state index in [1.807, 2.05) is 42.5 Å². The van der Waals surface area contributed by atoms with E-state index in [0.717, 1.165) is 10.8 Å². The summed E-state index contributed by atoms with van der Waals surface area (Å²) in [4.78, 5) is 14.3. The maximum absolute atomic E-state index is 12.8. The fourth-order valence-corrected chi connectivity index (χ4v) is 5.44. The summed E-state index contributed by atoms with van der Waals surface area (Å²) in [6.45, 7) is 0.954. The van der Waals surface area contributed by atoms with Gasteiger partial charge in [0.2, 0.25) is 10.0 Å². The molecule has 0 spiro atoms. The zero-order chi connectivity index (χ0) is 21.1. The molecule has 30 heavy (non-hydrogen) atoms. The fourth-order valence-electron chi connectivity index (χ4n) is 3.52. The summed E-state index contributed by atoms with van der Waals surface area (Å²) in [5.74, 6) is 0.485. The number of halogens is 1. The van der Waals surface area contributed by atoms with Crippen LogP contribution in [0.2, 0.25) is 5.02 Å². The predicted octanol–water partition coefficient (Wildman–Crippen LogP) is 3.41. The minimum absolute atomic E-state index is 0.0886. The molecule has 0 aliphatic carbocycles. The van der Waals surface area contributed by atoms with Crippen molar-refractivity contribution < 1.29 is 17.9 Å². The molecule has 1 heterocycles. The molecule has 3 aromatic carbocycles. The lowest BCUT2D eigenvalue weighted by molar-refractivity contribution is -0.134. The lowest BCUT2D eigenvalue weighted by Gasteiger charge is -2.34. The number of benzene rings is 3. The van der Waals surface area contributed by atoms with Crippen LogP contribution in [0.3, 0.4) is 0 Å². The molecular formula is C22H21ClN2O4S. The monoisotopic (exact) mass is 444 g/mol. The van der Waals surface area contributed by atoms with E-state index in [4.69, 9.17) is 16.3 Å². The molecule has 1 amide bonds. The van der Waals surface area contributed by atoms with Crippen molar-refractivity contribution in [1.29, 1.82) is 0 Å². The van der Waals surface area contributed by atoms with Crippen molar-refractivity contribution in [2.45, 2.75) is 4.90 Å². The summed E-state index contributed by atoms with van der Waals surface area (Å²) in [5.41, 5.74) is 0. The number of sulfonamides is 1. The van der Waals surface area contributed by atoms with Crippen molar-refractivity contribution in [2.24, 2.45) is 0 Å². The van der Waals surface area contributed by atoms with E-state index in [9.17, 15) is 13.2 Å². The van der Waals surface area contributed by atoms with Gasteiger partial charge in [-0.2, -0.15) is 4.31 Å². The van der Waals surface area contributed by atoms with Crippen molar-refractivity contribution >= 4 is 38.3 Å². The van der Waals surface area contributed by atoms with Gasteiger partial charge in [-0.15, -0.1) is 0 Å². The van der Waals surface area contributed by atoms with E-state index in [-0.39, 0.29) is 35.5 Å². The number of nitrogens with zero attached hydrogens (tertiary/aromatic N) is 2. The zero-order valence-electron chi connectivity index (χ0n) is 16.2. The fraction of sp³-hybridized carbons (Fsp3) is 0.227. The molecule has 0 aromatic heterocycles. The number of hydrogen-bond donors (Lipinski definition) is 0. The van der Waals surface area contributed by atoms with Gasteiger partial charge in [-0.3, -0.25) is 4.79 Å². The van der Waals surface area contributed by atoms with Gasteiger partial charge in [-0.1, -0.05) is 60.1 Å². The first-order valence-corrected chi connectivity index (χ1v) is 11.4. The number of rotatable bonds is 5. The summed E-state index contributed by atoms with van der Waals surface area (Å²) < 4.78 is 32.8. The Kier molecular flexibility index (Phi) is 5.94. The minimum Gasteiger partial charge on any atom is -0.483 e. The van der Waals surface area contributed by atoms with Crippen LogP contribution in [0.5, 0.6) is 5.75 Å². The topological polar surface area (TPSA) is 66.9 Å². The highest BCUT2D eigenvalue weighted by Gasteiger charge is 2.31. The Morgan fingerprint density at radius 1 is 0.900 bits per heavy atom. The molecule has 0 saturated carbocycles. The van der Waals surface area contributed by atoms with Gasteiger partial charge in [-0.05, 0) is 23.6 Å². The van der Waals surface area contributed by atoms with E-state index in [1.54, 1.807) is 23.1 Å². The Balaban J connectivity index is 1.37. The van der Waals surface area contributed by atoms with E-state index in [2.05, 4.69) is 0 Å². The molecule has 4 rings (SSSR count). The van der Waals surface area contributed by atoms with Gasteiger partial charge in [-0.25, -0.2) is 8.42 Å². The van der Waals surface area contributed by atoms with Gasteiger partial charge in [0.25, 0.3) is 5.91 Å². The lowest BCUT2D eigenvalue weighted by Crippen LogP contribution is -2.51. The van der Waals surface area contributed by atoms with Crippen molar-refractivity contribution in [2.75, 3.05) is 32.8 Å². The molecule has 0 atom stereocenters. The summed E-state index contributed by atoms with van der Waals surface area (Å²) in [7, 11) is -3.69. The predicted molar refractivity (Wildman–Crippen MR) is 116 cm³/mol. The average Bonchev–Trinajstić information content (AvgIpc) is 2.77. The van der Waals surface area contributed by atoms with Crippen LogP contribution in [-0.4, -0.2) is 56.3 Å². The maximum atomic E-state index is 12.8. The van der Waals surface area contributed by atoms with E-state index >= 15 is 0 Å². The van der Waals surface area contributed by atoms with Crippen molar-refractivity contribution in [1.82, 2.24) is 9.21 Å². The van der Waals surface area contributed by atoms with Crippen LogP contribution in [0.1, 0.15) is 0 Å². The summed E-state index contributed by atoms with van der Waals surface area (Å²) >= 11 is 6.06. The molecule has 1 aliphatic heterocycles. The number of piperazine rings is 1. The molecule has 0 radical (unpaired) electrons. The second-order valence-corrected chi connectivity index (χ2v) is 9.29. The van der Waals surface area contributed by atoms with Gasteiger partial charge in [0.1, 0.15) is 10.6 Å². The Morgan fingerprint density at radius 2 is 1.57 bits per heavy atom. The largest absolute Gasteiger partial charge is 0.483 e. The molecule has 0 bridgehead atoms.